The molecular weight excluding hydrogens is 334 g/mol. The van der Waals surface area contributed by atoms with Crippen molar-refractivity contribution >= 4 is 17.8 Å². The van der Waals surface area contributed by atoms with Gasteiger partial charge in [-0.25, -0.2) is 4.79 Å². The van der Waals surface area contributed by atoms with E-state index in [2.05, 4.69) is 0 Å². The van der Waals surface area contributed by atoms with Crippen LogP contribution in [0.4, 0.5) is 4.79 Å². The van der Waals surface area contributed by atoms with Crippen molar-refractivity contribution in [3.05, 3.63) is 78.5 Å². The molecular formula is C20H17NO5. The molecule has 26 heavy (non-hydrogen) atoms. The van der Waals surface area contributed by atoms with Crippen molar-refractivity contribution in [2.45, 2.75) is 19.1 Å². The Bertz CT molecular complexity index is 832. The summed E-state index contributed by atoms with van der Waals surface area (Å²) < 4.78 is 10.6. The van der Waals surface area contributed by atoms with Crippen molar-refractivity contribution in [3.8, 4) is 5.75 Å². The lowest BCUT2D eigenvalue weighted by atomic mass is 9.94. The van der Waals surface area contributed by atoms with Crippen LogP contribution in [0.25, 0.3) is 0 Å². The zero-order chi connectivity index (χ0) is 18.5. The van der Waals surface area contributed by atoms with Gasteiger partial charge in [0, 0.05) is 19.2 Å². The summed E-state index contributed by atoms with van der Waals surface area (Å²) in [5.41, 5.74) is 0.654. The van der Waals surface area contributed by atoms with E-state index in [0.717, 1.165) is 0 Å². The predicted octanol–water partition coefficient (Wildman–Crippen LogP) is 3.26. The molecule has 1 aliphatic heterocycles. The van der Waals surface area contributed by atoms with E-state index in [0.29, 0.717) is 11.3 Å². The molecule has 0 saturated carbocycles. The van der Waals surface area contributed by atoms with Crippen molar-refractivity contribution in [1.29, 1.82) is 0 Å². The van der Waals surface area contributed by atoms with Crippen LogP contribution in [0, 0.1) is 0 Å². The molecule has 0 radical (unpaired) electrons. The largest absolute Gasteiger partial charge is 0.452 e. The molecule has 3 rings (SSSR count). The summed E-state index contributed by atoms with van der Waals surface area (Å²) in [7, 11) is 0. The second-order valence-electron chi connectivity index (χ2n) is 5.69. The Labute approximate surface area is 150 Å². The maximum absolute atomic E-state index is 12.7. The minimum Gasteiger partial charge on any atom is -0.452 e. The maximum Gasteiger partial charge on any atom is 0.420 e. The van der Waals surface area contributed by atoms with E-state index in [1.54, 1.807) is 54.6 Å². The van der Waals surface area contributed by atoms with Gasteiger partial charge in [-0.05, 0) is 17.7 Å². The summed E-state index contributed by atoms with van der Waals surface area (Å²) in [5.74, 6) is -0.618. The number of carbonyl (C=O) groups is 3. The number of ether oxygens (including phenoxy) is 2. The minimum absolute atomic E-state index is 0.374. The predicted molar refractivity (Wildman–Crippen MR) is 93.2 cm³/mol. The van der Waals surface area contributed by atoms with Crippen molar-refractivity contribution in [3.63, 3.8) is 0 Å². The highest BCUT2D eigenvalue weighted by atomic mass is 16.6. The SMILES string of the molecule is CC(=O)O[C@@H]1C(=O)C=CN(C(=O)Oc2ccccc2)[C@H]1c1ccccc1. The normalized spacial score (nSPS) is 19.1. The molecule has 1 aliphatic rings. The van der Waals surface area contributed by atoms with Gasteiger partial charge in [-0.3, -0.25) is 14.5 Å². The third-order valence-corrected chi connectivity index (χ3v) is 3.86. The fraction of sp³-hybridized carbons (Fsp3) is 0.150. The van der Waals surface area contributed by atoms with Gasteiger partial charge in [0.1, 0.15) is 11.8 Å². The fourth-order valence-electron chi connectivity index (χ4n) is 2.75. The highest BCUT2D eigenvalue weighted by molar-refractivity contribution is 5.97. The third-order valence-electron chi connectivity index (χ3n) is 3.86. The van der Waals surface area contributed by atoms with Crippen molar-refractivity contribution in [2.24, 2.45) is 0 Å². The number of amides is 1. The Morgan fingerprint density at radius 2 is 1.58 bits per heavy atom. The Balaban J connectivity index is 1.95. The highest BCUT2D eigenvalue weighted by Gasteiger charge is 2.40. The fourth-order valence-corrected chi connectivity index (χ4v) is 2.75. The molecule has 0 N–H and O–H groups in total. The summed E-state index contributed by atoms with van der Waals surface area (Å²) >= 11 is 0. The third kappa shape index (κ3) is 3.80. The zero-order valence-corrected chi connectivity index (χ0v) is 14.1. The van der Waals surface area contributed by atoms with Gasteiger partial charge in [-0.1, -0.05) is 48.5 Å². The first-order valence-electron chi connectivity index (χ1n) is 8.05. The number of hydrogen-bond donors (Lipinski definition) is 0. The molecule has 132 valence electrons. The van der Waals surface area contributed by atoms with E-state index < -0.39 is 30.0 Å². The van der Waals surface area contributed by atoms with Crippen LogP contribution in [-0.2, 0) is 14.3 Å². The quantitative estimate of drug-likeness (QED) is 0.794. The lowest BCUT2D eigenvalue weighted by molar-refractivity contribution is -0.155. The van der Waals surface area contributed by atoms with Crippen LogP contribution >= 0.6 is 0 Å². The first kappa shape index (κ1) is 17.4. The molecule has 2 aromatic rings. The number of nitrogens with zero attached hydrogens (tertiary/aromatic N) is 1. The average molecular weight is 351 g/mol. The van der Waals surface area contributed by atoms with E-state index in [9.17, 15) is 14.4 Å². The van der Waals surface area contributed by atoms with Crippen LogP contribution in [0.15, 0.2) is 72.9 Å². The average Bonchev–Trinajstić information content (AvgIpc) is 2.64. The van der Waals surface area contributed by atoms with Gasteiger partial charge >= 0.3 is 12.1 Å². The number of esters is 1. The van der Waals surface area contributed by atoms with E-state index in [4.69, 9.17) is 9.47 Å². The standard InChI is InChI=1S/C20H17NO5/c1-14(22)25-19-17(23)12-13-21(18(19)15-8-4-2-5-9-15)20(24)26-16-10-6-3-7-11-16/h2-13,18-19H,1H3/t18-,19+/m0/s1. The molecule has 0 fully saturated rings. The topological polar surface area (TPSA) is 72.9 Å². The molecule has 0 spiro atoms. The summed E-state index contributed by atoms with van der Waals surface area (Å²) in [5, 5.41) is 0. The van der Waals surface area contributed by atoms with Crippen LogP contribution in [-0.4, -0.2) is 28.8 Å². The summed E-state index contributed by atoms with van der Waals surface area (Å²) in [6, 6.07) is 16.7. The van der Waals surface area contributed by atoms with Gasteiger partial charge in [0.25, 0.3) is 0 Å². The molecule has 0 aliphatic carbocycles. The van der Waals surface area contributed by atoms with Crippen molar-refractivity contribution < 1.29 is 23.9 Å². The molecule has 1 heterocycles. The lowest BCUT2D eigenvalue weighted by Crippen LogP contribution is -2.46. The molecule has 0 unspecified atom stereocenters. The van der Waals surface area contributed by atoms with E-state index in [-0.39, 0.29) is 0 Å². The zero-order valence-electron chi connectivity index (χ0n) is 14.1. The second kappa shape index (κ2) is 7.65. The number of hydrogen-bond acceptors (Lipinski definition) is 5. The van der Waals surface area contributed by atoms with E-state index >= 15 is 0 Å². The molecule has 6 heteroatoms. The minimum atomic E-state index is -1.14. The van der Waals surface area contributed by atoms with Gasteiger partial charge in [-0.2, -0.15) is 0 Å². The number of benzene rings is 2. The molecule has 2 aromatic carbocycles. The smallest absolute Gasteiger partial charge is 0.420 e. The van der Waals surface area contributed by atoms with Crippen LogP contribution in [0.2, 0.25) is 0 Å². The van der Waals surface area contributed by atoms with Crippen LogP contribution in [0.1, 0.15) is 18.5 Å². The number of para-hydroxylation sites is 1. The molecule has 6 nitrogen and oxygen atoms in total. The van der Waals surface area contributed by atoms with Gasteiger partial charge in [0.2, 0.25) is 0 Å². The van der Waals surface area contributed by atoms with Crippen molar-refractivity contribution in [2.75, 3.05) is 0 Å². The highest BCUT2D eigenvalue weighted by Crippen LogP contribution is 2.31. The number of carbonyl (C=O) groups excluding carboxylic acids is 3. The van der Waals surface area contributed by atoms with E-state index in [1.807, 2.05) is 6.07 Å². The Morgan fingerprint density at radius 1 is 0.962 bits per heavy atom. The van der Waals surface area contributed by atoms with Gasteiger partial charge in [-0.15, -0.1) is 0 Å². The monoisotopic (exact) mass is 351 g/mol. The Kier molecular flexibility index (Phi) is 5.12. The molecule has 0 saturated heterocycles. The Hall–Kier alpha value is -3.41. The first-order valence-corrected chi connectivity index (χ1v) is 8.05. The molecule has 0 aromatic heterocycles. The first-order chi connectivity index (χ1) is 12.6. The second-order valence-corrected chi connectivity index (χ2v) is 5.69. The molecule has 0 bridgehead atoms. The Morgan fingerprint density at radius 3 is 2.19 bits per heavy atom. The molecule has 1 amide bonds. The van der Waals surface area contributed by atoms with Gasteiger partial charge in [0.15, 0.2) is 11.9 Å². The maximum atomic E-state index is 12.7. The van der Waals surface area contributed by atoms with Gasteiger partial charge < -0.3 is 9.47 Å². The van der Waals surface area contributed by atoms with Crippen LogP contribution < -0.4 is 4.74 Å². The number of rotatable bonds is 3. The van der Waals surface area contributed by atoms with Gasteiger partial charge in [0.05, 0.1) is 0 Å². The lowest BCUT2D eigenvalue weighted by Gasteiger charge is -2.35. The summed E-state index contributed by atoms with van der Waals surface area (Å²) in [6.45, 7) is 1.22. The van der Waals surface area contributed by atoms with E-state index in [1.165, 1.54) is 24.1 Å². The van der Waals surface area contributed by atoms with Crippen molar-refractivity contribution in [1.82, 2.24) is 4.90 Å². The van der Waals surface area contributed by atoms with Crippen LogP contribution in [0.5, 0.6) is 5.75 Å². The summed E-state index contributed by atoms with van der Waals surface area (Å²) in [6.07, 6.45) is 0.749. The summed E-state index contributed by atoms with van der Waals surface area (Å²) in [4.78, 5) is 37.7. The number of ketones is 1. The molecule has 2 atom stereocenters. The van der Waals surface area contributed by atoms with Crippen LogP contribution in [0.3, 0.4) is 0 Å².